The third-order valence-corrected chi connectivity index (χ3v) is 5.97. The summed E-state index contributed by atoms with van der Waals surface area (Å²) in [6.07, 6.45) is 0. The van der Waals surface area contributed by atoms with Crippen molar-refractivity contribution < 1.29 is 23.9 Å². The van der Waals surface area contributed by atoms with Crippen molar-refractivity contribution in [2.24, 2.45) is 0 Å². The van der Waals surface area contributed by atoms with Gasteiger partial charge in [-0.1, -0.05) is 18.2 Å². The van der Waals surface area contributed by atoms with Gasteiger partial charge in [0.15, 0.2) is 0 Å². The highest BCUT2D eigenvalue weighted by molar-refractivity contribution is 5.95. The summed E-state index contributed by atoms with van der Waals surface area (Å²) in [4.78, 5) is 43.8. The summed E-state index contributed by atoms with van der Waals surface area (Å²) in [7, 11) is 3.20. The van der Waals surface area contributed by atoms with Crippen LogP contribution in [0.4, 0.5) is 9.59 Å². The largest absolute Gasteiger partial charge is 0.496 e. The molecule has 10 nitrogen and oxygen atoms in total. The Labute approximate surface area is 200 Å². The van der Waals surface area contributed by atoms with Gasteiger partial charge in [0, 0.05) is 57.1 Å². The predicted octanol–water partition coefficient (Wildman–Crippen LogP) is 1.94. The van der Waals surface area contributed by atoms with Crippen molar-refractivity contribution in [2.75, 3.05) is 53.5 Å². The van der Waals surface area contributed by atoms with E-state index in [0.717, 1.165) is 0 Å². The summed E-state index contributed by atoms with van der Waals surface area (Å²) in [5.41, 5.74) is 1.65. The lowest BCUT2D eigenvalue weighted by molar-refractivity contribution is -0.139. The maximum absolute atomic E-state index is 13.2. The summed E-state index contributed by atoms with van der Waals surface area (Å²) in [6, 6.07) is 6.29. The van der Waals surface area contributed by atoms with Gasteiger partial charge >= 0.3 is 18.0 Å². The third kappa shape index (κ3) is 5.61. The first kappa shape index (κ1) is 25.4. The summed E-state index contributed by atoms with van der Waals surface area (Å²) in [5.74, 6) is 0.0958. The number of nitrogens with zero attached hydrogens (tertiary/aromatic N) is 3. The zero-order valence-electron chi connectivity index (χ0n) is 20.6. The van der Waals surface area contributed by atoms with Crippen LogP contribution in [-0.2, 0) is 9.53 Å². The number of esters is 1. The molecule has 3 rings (SSSR count). The van der Waals surface area contributed by atoms with E-state index in [0.29, 0.717) is 55.3 Å². The molecule has 0 spiro atoms. The highest BCUT2D eigenvalue weighted by Crippen LogP contribution is 2.35. The molecular weight excluding hydrogens is 438 g/mol. The van der Waals surface area contributed by atoms with Gasteiger partial charge in [0.2, 0.25) is 0 Å². The number of benzene rings is 1. The van der Waals surface area contributed by atoms with Crippen LogP contribution in [0.5, 0.6) is 5.75 Å². The van der Waals surface area contributed by atoms with Crippen molar-refractivity contribution in [3.8, 4) is 5.75 Å². The van der Waals surface area contributed by atoms with Crippen LogP contribution in [0, 0.1) is 0 Å². The van der Waals surface area contributed by atoms with Crippen LogP contribution in [-0.4, -0.2) is 92.3 Å². The molecule has 2 aliphatic rings. The Morgan fingerprint density at radius 1 is 1.18 bits per heavy atom. The topological polar surface area (TPSA) is 103 Å². The van der Waals surface area contributed by atoms with Crippen LogP contribution in [0.1, 0.15) is 32.4 Å². The van der Waals surface area contributed by atoms with Crippen molar-refractivity contribution in [3.05, 3.63) is 41.1 Å². The molecule has 4 amide bonds. The van der Waals surface area contributed by atoms with E-state index in [1.54, 1.807) is 32.0 Å². The molecule has 10 heteroatoms. The Bertz CT molecular complexity index is 939. The molecule has 0 aromatic heterocycles. The number of rotatable bonds is 7. The third-order valence-electron chi connectivity index (χ3n) is 5.97. The molecule has 0 aliphatic carbocycles. The number of carbonyl (C=O) groups excluding carboxylic acids is 3. The number of carbonyl (C=O) groups is 3. The number of nitrogens with one attached hydrogen (secondary N) is 2. The lowest BCUT2D eigenvalue weighted by Gasteiger charge is -2.39. The standard InChI is InChI=1S/C24H35N5O5/c1-6-34-22(30)20-18(15-28-11-13-29(14-12-28)24(32)25-16(2)3)27(4)23(31)26-21(20)17-9-7-8-10-19(17)33-5/h7-10,16,21H,6,11-15H2,1-5H3,(H,25,32)(H,26,31). The van der Waals surface area contributed by atoms with Crippen molar-refractivity contribution in [1.82, 2.24) is 25.3 Å². The van der Waals surface area contributed by atoms with Crippen LogP contribution in [0.2, 0.25) is 0 Å². The molecule has 2 N–H and O–H groups in total. The molecule has 2 aliphatic heterocycles. The molecule has 2 heterocycles. The number of urea groups is 2. The van der Waals surface area contributed by atoms with Crippen LogP contribution in [0.15, 0.2) is 35.5 Å². The van der Waals surface area contributed by atoms with Gasteiger partial charge in [-0.05, 0) is 26.8 Å². The molecular formula is C24H35N5O5. The average molecular weight is 474 g/mol. The Morgan fingerprint density at radius 3 is 2.47 bits per heavy atom. The number of likely N-dealkylation sites (N-methyl/N-ethyl adjacent to an activating group) is 1. The number of hydrogen-bond acceptors (Lipinski definition) is 6. The summed E-state index contributed by atoms with van der Waals surface area (Å²) < 4.78 is 10.9. The minimum atomic E-state index is -0.702. The molecule has 1 aromatic rings. The number of hydrogen-bond donors (Lipinski definition) is 2. The Balaban J connectivity index is 1.90. The Hall–Kier alpha value is -3.27. The van der Waals surface area contributed by atoms with Crippen LogP contribution in [0.25, 0.3) is 0 Å². The van der Waals surface area contributed by atoms with Gasteiger partial charge in [0.05, 0.1) is 25.3 Å². The second-order valence-corrected chi connectivity index (χ2v) is 8.63. The maximum atomic E-state index is 13.2. The Kier molecular flexibility index (Phi) is 8.38. The molecule has 186 valence electrons. The van der Waals surface area contributed by atoms with Crippen molar-refractivity contribution >= 4 is 18.0 Å². The summed E-state index contributed by atoms with van der Waals surface area (Å²) in [5, 5.41) is 5.84. The minimum Gasteiger partial charge on any atom is -0.496 e. The summed E-state index contributed by atoms with van der Waals surface area (Å²) in [6.45, 7) is 8.58. The van der Waals surface area contributed by atoms with Crippen molar-refractivity contribution in [1.29, 1.82) is 0 Å². The molecule has 1 fully saturated rings. The van der Waals surface area contributed by atoms with Gasteiger partial charge in [0.1, 0.15) is 5.75 Å². The van der Waals surface area contributed by atoms with E-state index in [1.165, 1.54) is 4.90 Å². The number of ether oxygens (including phenoxy) is 2. The molecule has 0 radical (unpaired) electrons. The highest BCUT2D eigenvalue weighted by Gasteiger charge is 2.38. The number of methoxy groups -OCH3 is 1. The average Bonchev–Trinajstić information content (AvgIpc) is 2.81. The summed E-state index contributed by atoms with van der Waals surface area (Å²) >= 11 is 0. The van der Waals surface area contributed by atoms with Crippen LogP contribution >= 0.6 is 0 Å². The minimum absolute atomic E-state index is 0.0733. The molecule has 1 saturated heterocycles. The van der Waals surface area contributed by atoms with Crippen LogP contribution in [0.3, 0.4) is 0 Å². The molecule has 0 bridgehead atoms. The maximum Gasteiger partial charge on any atom is 0.338 e. The first-order valence-electron chi connectivity index (χ1n) is 11.6. The first-order chi connectivity index (χ1) is 16.3. The van der Waals surface area contributed by atoms with E-state index < -0.39 is 12.0 Å². The highest BCUT2D eigenvalue weighted by atomic mass is 16.5. The second kappa shape index (κ2) is 11.2. The lowest BCUT2D eigenvalue weighted by Crippen LogP contribution is -2.55. The molecule has 1 unspecified atom stereocenters. The van der Waals surface area contributed by atoms with Gasteiger partial charge in [-0.25, -0.2) is 14.4 Å². The van der Waals surface area contributed by atoms with Gasteiger partial charge in [-0.15, -0.1) is 0 Å². The monoisotopic (exact) mass is 473 g/mol. The van der Waals surface area contributed by atoms with E-state index in [-0.39, 0.29) is 24.7 Å². The normalized spacial score (nSPS) is 19.2. The number of amides is 4. The zero-order chi connectivity index (χ0) is 24.8. The fourth-order valence-corrected chi connectivity index (χ4v) is 4.20. The zero-order valence-corrected chi connectivity index (χ0v) is 20.6. The molecule has 1 atom stereocenters. The van der Waals surface area contributed by atoms with Crippen molar-refractivity contribution in [2.45, 2.75) is 32.9 Å². The molecule has 0 saturated carbocycles. The quantitative estimate of drug-likeness (QED) is 0.587. The first-order valence-corrected chi connectivity index (χ1v) is 11.6. The van der Waals surface area contributed by atoms with Gasteiger partial charge in [-0.2, -0.15) is 0 Å². The van der Waals surface area contributed by atoms with Crippen LogP contribution < -0.4 is 15.4 Å². The number of piperazine rings is 1. The fraction of sp³-hybridized carbons (Fsp3) is 0.542. The number of para-hydroxylation sites is 1. The lowest BCUT2D eigenvalue weighted by atomic mass is 9.93. The van der Waals surface area contributed by atoms with E-state index in [4.69, 9.17) is 9.47 Å². The fourth-order valence-electron chi connectivity index (χ4n) is 4.20. The SMILES string of the molecule is CCOC(=O)C1=C(CN2CCN(C(=O)NC(C)C)CC2)N(C)C(=O)NC1c1ccccc1OC. The van der Waals surface area contributed by atoms with Gasteiger partial charge in [-0.3, -0.25) is 9.80 Å². The van der Waals surface area contributed by atoms with Gasteiger partial charge in [0.25, 0.3) is 0 Å². The van der Waals surface area contributed by atoms with E-state index in [2.05, 4.69) is 15.5 Å². The van der Waals surface area contributed by atoms with E-state index >= 15 is 0 Å². The van der Waals surface area contributed by atoms with E-state index in [9.17, 15) is 14.4 Å². The van der Waals surface area contributed by atoms with Gasteiger partial charge < -0.3 is 25.0 Å². The molecule has 34 heavy (non-hydrogen) atoms. The smallest absolute Gasteiger partial charge is 0.338 e. The van der Waals surface area contributed by atoms with Crippen molar-refractivity contribution in [3.63, 3.8) is 0 Å². The predicted molar refractivity (Wildman–Crippen MR) is 127 cm³/mol. The Morgan fingerprint density at radius 2 is 1.85 bits per heavy atom. The van der Waals surface area contributed by atoms with E-state index in [1.807, 2.05) is 32.0 Å². The molecule has 1 aromatic carbocycles. The second-order valence-electron chi connectivity index (χ2n) is 8.63.